The molecular weight excluding hydrogens is 352 g/mol. The maximum absolute atomic E-state index is 12.4. The summed E-state index contributed by atoms with van der Waals surface area (Å²) in [6.07, 6.45) is 2.42. The van der Waals surface area contributed by atoms with Crippen LogP contribution in [0.1, 0.15) is 30.4 Å². The Morgan fingerprint density at radius 3 is 2.85 bits per heavy atom. The first kappa shape index (κ1) is 18.2. The number of anilines is 1. The number of carbonyl (C=O) groups excluding carboxylic acids is 1. The van der Waals surface area contributed by atoms with Crippen molar-refractivity contribution in [3.05, 3.63) is 57.8 Å². The number of amides is 1. The molecule has 0 unspecified atom stereocenters. The van der Waals surface area contributed by atoms with Crippen LogP contribution in [0.2, 0.25) is 0 Å². The van der Waals surface area contributed by atoms with Gasteiger partial charge in [0.2, 0.25) is 5.91 Å². The zero-order chi connectivity index (χ0) is 18.7. The molecule has 1 atom stereocenters. The average molecular weight is 372 g/mol. The summed E-state index contributed by atoms with van der Waals surface area (Å²) in [4.78, 5) is 29.2. The summed E-state index contributed by atoms with van der Waals surface area (Å²) in [5.74, 6) is 1.38. The summed E-state index contributed by atoms with van der Waals surface area (Å²) in [5.41, 5.74) is 2.14. The van der Waals surface area contributed by atoms with E-state index in [1.165, 1.54) is 22.2 Å². The van der Waals surface area contributed by atoms with Crippen LogP contribution in [0, 0.1) is 13.8 Å². The molecule has 1 amide bonds. The quantitative estimate of drug-likeness (QED) is 0.715. The second-order valence-electron chi connectivity index (χ2n) is 6.04. The summed E-state index contributed by atoms with van der Waals surface area (Å²) in [5, 5.41) is 6.24. The van der Waals surface area contributed by atoms with Crippen molar-refractivity contribution < 1.29 is 9.32 Å². The van der Waals surface area contributed by atoms with Crippen LogP contribution in [0.25, 0.3) is 5.65 Å². The number of hydrogen-bond acceptors (Lipinski definition) is 6. The Hall–Kier alpha value is -2.61. The van der Waals surface area contributed by atoms with Crippen LogP contribution in [0.15, 0.2) is 39.8 Å². The minimum Gasteiger partial charge on any atom is -0.360 e. The fourth-order valence-electron chi connectivity index (χ4n) is 2.53. The lowest BCUT2D eigenvalue weighted by atomic mass is 10.3. The Labute approximate surface area is 154 Å². The first-order chi connectivity index (χ1) is 12.5. The number of hydrogen-bond donors (Lipinski definition) is 1. The zero-order valence-electron chi connectivity index (χ0n) is 14.9. The van der Waals surface area contributed by atoms with E-state index in [4.69, 9.17) is 4.52 Å². The highest BCUT2D eigenvalue weighted by Gasteiger charge is 2.19. The summed E-state index contributed by atoms with van der Waals surface area (Å²) >= 11 is 1.45. The van der Waals surface area contributed by atoms with Gasteiger partial charge in [0.1, 0.15) is 11.4 Å². The number of thioether (sulfide) groups is 1. The van der Waals surface area contributed by atoms with E-state index in [0.29, 0.717) is 35.1 Å². The summed E-state index contributed by atoms with van der Waals surface area (Å²) in [6, 6.07) is 6.93. The van der Waals surface area contributed by atoms with Crippen molar-refractivity contribution in [2.45, 2.75) is 38.2 Å². The fraction of sp³-hybridized carbons (Fsp3) is 0.333. The number of nitrogens with zero attached hydrogens (tertiary/aromatic N) is 3. The lowest BCUT2D eigenvalue weighted by Gasteiger charge is -2.13. The molecule has 0 aliphatic carbocycles. The fourth-order valence-corrected chi connectivity index (χ4v) is 3.49. The second-order valence-corrected chi connectivity index (χ2v) is 7.23. The van der Waals surface area contributed by atoms with Gasteiger partial charge >= 0.3 is 0 Å². The van der Waals surface area contributed by atoms with Gasteiger partial charge in [0.05, 0.1) is 10.9 Å². The molecule has 26 heavy (non-hydrogen) atoms. The van der Waals surface area contributed by atoms with Gasteiger partial charge < -0.3 is 9.84 Å². The predicted molar refractivity (Wildman–Crippen MR) is 101 cm³/mol. The Morgan fingerprint density at radius 1 is 1.35 bits per heavy atom. The minimum atomic E-state index is -0.273. The van der Waals surface area contributed by atoms with Crippen molar-refractivity contribution in [1.29, 1.82) is 0 Å². The van der Waals surface area contributed by atoms with Gasteiger partial charge in [-0.2, -0.15) is 0 Å². The first-order valence-corrected chi connectivity index (χ1v) is 9.36. The topological polar surface area (TPSA) is 89.5 Å². The van der Waals surface area contributed by atoms with Crippen molar-refractivity contribution in [1.82, 2.24) is 14.5 Å². The molecule has 1 N–H and O–H groups in total. The van der Waals surface area contributed by atoms with Gasteiger partial charge in [-0.3, -0.25) is 14.0 Å². The lowest BCUT2D eigenvalue weighted by molar-refractivity contribution is -0.115. The number of fused-ring (bicyclic) bond motifs is 1. The van der Waals surface area contributed by atoms with E-state index in [2.05, 4.69) is 15.5 Å². The van der Waals surface area contributed by atoms with E-state index in [-0.39, 0.29) is 16.7 Å². The van der Waals surface area contributed by atoms with Crippen LogP contribution >= 0.6 is 11.8 Å². The molecule has 0 fully saturated rings. The van der Waals surface area contributed by atoms with Crippen molar-refractivity contribution in [3.63, 3.8) is 0 Å². The van der Waals surface area contributed by atoms with E-state index in [0.717, 1.165) is 5.56 Å². The highest BCUT2D eigenvalue weighted by atomic mass is 32.2. The molecule has 0 aromatic carbocycles. The Balaban J connectivity index is 1.70. The standard InChI is InChI=1S/C18H20N4O3S/c1-4-14(18(24)20-15-7-12(3)25-21-15)26-10-13-8-17(23)22-9-11(2)5-6-16(22)19-13/h5-9,14H,4,10H2,1-3H3,(H,20,21,24)/t14-/m0/s1. The maximum atomic E-state index is 12.4. The number of aromatic nitrogens is 3. The highest BCUT2D eigenvalue weighted by Crippen LogP contribution is 2.21. The number of carbonyl (C=O) groups is 1. The third kappa shape index (κ3) is 4.13. The van der Waals surface area contributed by atoms with Gasteiger partial charge in [-0.15, -0.1) is 11.8 Å². The van der Waals surface area contributed by atoms with E-state index in [1.807, 2.05) is 26.0 Å². The van der Waals surface area contributed by atoms with Gasteiger partial charge in [0.25, 0.3) is 5.56 Å². The van der Waals surface area contributed by atoms with E-state index in [1.54, 1.807) is 19.2 Å². The van der Waals surface area contributed by atoms with Crippen LogP contribution < -0.4 is 10.9 Å². The monoisotopic (exact) mass is 372 g/mol. The Kier molecular flexibility index (Phi) is 5.41. The van der Waals surface area contributed by atoms with Crippen molar-refractivity contribution in [2.75, 3.05) is 5.32 Å². The third-order valence-corrected chi connectivity index (χ3v) is 5.25. The molecule has 8 heteroatoms. The Bertz CT molecular complexity index is 996. The highest BCUT2D eigenvalue weighted by molar-refractivity contribution is 7.99. The van der Waals surface area contributed by atoms with Crippen LogP contribution in [0.4, 0.5) is 5.82 Å². The SMILES string of the molecule is CC[C@H](SCc1cc(=O)n2cc(C)ccc2n1)C(=O)Nc1cc(C)on1. The summed E-state index contributed by atoms with van der Waals surface area (Å²) in [7, 11) is 0. The number of nitrogens with one attached hydrogen (secondary N) is 1. The van der Waals surface area contributed by atoms with Crippen molar-refractivity contribution in [3.8, 4) is 0 Å². The number of aryl methyl sites for hydroxylation is 2. The molecule has 0 radical (unpaired) electrons. The molecule has 3 aromatic heterocycles. The smallest absolute Gasteiger partial charge is 0.258 e. The molecule has 0 spiro atoms. The molecule has 0 aliphatic heterocycles. The summed E-state index contributed by atoms with van der Waals surface area (Å²) < 4.78 is 6.48. The predicted octanol–water partition coefficient (Wildman–Crippen LogP) is 2.95. The van der Waals surface area contributed by atoms with Gasteiger partial charge in [0, 0.05) is 24.1 Å². The molecule has 3 rings (SSSR count). The largest absolute Gasteiger partial charge is 0.360 e. The lowest BCUT2D eigenvalue weighted by Crippen LogP contribution is -2.25. The molecule has 136 valence electrons. The molecule has 7 nitrogen and oxygen atoms in total. The maximum Gasteiger partial charge on any atom is 0.258 e. The molecule has 3 heterocycles. The van der Waals surface area contributed by atoms with Crippen LogP contribution in [0.3, 0.4) is 0 Å². The van der Waals surface area contributed by atoms with E-state index < -0.39 is 0 Å². The Morgan fingerprint density at radius 2 is 2.15 bits per heavy atom. The molecule has 0 bridgehead atoms. The number of rotatable bonds is 6. The van der Waals surface area contributed by atoms with Gasteiger partial charge in [-0.25, -0.2) is 4.98 Å². The molecule has 0 saturated carbocycles. The first-order valence-electron chi connectivity index (χ1n) is 8.31. The average Bonchev–Trinajstić information content (AvgIpc) is 3.01. The molecule has 3 aromatic rings. The van der Waals surface area contributed by atoms with E-state index in [9.17, 15) is 9.59 Å². The minimum absolute atomic E-state index is 0.120. The van der Waals surface area contributed by atoms with Crippen molar-refractivity contribution >= 4 is 29.1 Å². The molecular formula is C18H20N4O3S. The number of pyridine rings is 1. The zero-order valence-corrected chi connectivity index (χ0v) is 15.7. The van der Waals surface area contributed by atoms with Gasteiger partial charge in [0.15, 0.2) is 5.82 Å². The summed E-state index contributed by atoms with van der Waals surface area (Å²) in [6.45, 7) is 5.63. The van der Waals surface area contributed by atoms with Crippen LogP contribution in [0.5, 0.6) is 0 Å². The normalized spacial score (nSPS) is 12.3. The van der Waals surface area contributed by atoms with Crippen LogP contribution in [-0.4, -0.2) is 25.7 Å². The van der Waals surface area contributed by atoms with Gasteiger partial charge in [-0.05, 0) is 31.9 Å². The van der Waals surface area contributed by atoms with Crippen LogP contribution in [-0.2, 0) is 10.5 Å². The molecule has 0 aliphatic rings. The van der Waals surface area contributed by atoms with Gasteiger partial charge in [-0.1, -0.05) is 18.1 Å². The van der Waals surface area contributed by atoms with Crippen molar-refractivity contribution in [2.24, 2.45) is 0 Å². The third-order valence-electron chi connectivity index (χ3n) is 3.84. The van der Waals surface area contributed by atoms with E-state index >= 15 is 0 Å². The second kappa shape index (κ2) is 7.74. The molecule has 0 saturated heterocycles.